The Hall–Kier alpha value is -0.570. The van der Waals surface area contributed by atoms with Crippen molar-refractivity contribution in [3.05, 3.63) is 0 Å². The fraction of sp³-hybridized carbons (Fsp3) is 0.929. The van der Waals surface area contributed by atoms with Gasteiger partial charge >= 0.3 is 0 Å². The molecule has 0 radical (unpaired) electrons. The number of aliphatic hydroxyl groups is 1. The normalized spacial score (nSPS) is 37.7. The Morgan fingerprint density at radius 2 is 1.88 bits per heavy atom. The van der Waals surface area contributed by atoms with Gasteiger partial charge in [-0.05, 0) is 37.5 Å². The maximum Gasteiger partial charge on any atom is 0.222 e. The molecule has 0 bridgehead atoms. The molecule has 0 spiro atoms. The second kappa shape index (κ2) is 4.60. The van der Waals surface area contributed by atoms with Gasteiger partial charge in [0.1, 0.15) is 0 Å². The Morgan fingerprint density at radius 1 is 1.12 bits per heavy atom. The molecule has 1 N–H and O–H groups in total. The fourth-order valence-corrected chi connectivity index (χ4v) is 4.03. The molecule has 0 aromatic rings. The van der Waals surface area contributed by atoms with Crippen molar-refractivity contribution in [2.75, 3.05) is 13.1 Å². The van der Waals surface area contributed by atoms with Crippen LogP contribution in [0.15, 0.2) is 0 Å². The van der Waals surface area contributed by atoms with E-state index < -0.39 is 0 Å². The fourth-order valence-electron chi connectivity index (χ4n) is 4.03. The number of aliphatic hydroxyl groups excluding tert-OH is 1. The summed E-state index contributed by atoms with van der Waals surface area (Å²) in [5, 5.41) is 9.85. The van der Waals surface area contributed by atoms with Crippen LogP contribution >= 0.6 is 0 Å². The lowest BCUT2D eigenvalue weighted by molar-refractivity contribution is -0.131. The van der Waals surface area contributed by atoms with Crippen LogP contribution in [0.25, 0.3) is 0 Å². The largest absolute Gasteiger partial charge is 0.393 e. The molecule has 0 aromatic carbocycles. The zero-order valence-corrected chi connectivity index (χ0v) is 10.5. The molecule has 3 heteroatoms. The number of carbonyl (C=O) groups is 1. The van der Waals surface area contributed by atoms with Crippen LogP contribution in [0.2, 0.25) is 0 Å². The number of fused-ring (bicyclic) bond motifs is 1. The van der Waals surface area contributed by atoms with E-state index in [2.05, 4.69) is 0 Å². The van der Waals surface area contributed by atoms with Gasteiger partial charge in [0, 0.05) is 25.4 Å². The van der Waals surface area contributed by atoms with Crippen molar-refractivity contribution in [3.8, 4) is 0 Å². The maximum atomic E-state index is 12.2. The predicted octanol–water partition coefficient (Wildman–Crippen LogP) is 1.80. The summed E-state index contributed by atoms with van der Waals surface area (Å²) >= 11 is 0. The van der Waals surface area contributed by atoms with Gasteiger partial charge in [-0.25, -0.2) is 0 Å². The molecule has 1 saturated heterocycles. The molecule has 1 aliphatic heterocycles. The summed E-state index contributed by atoms with van der Waals surface area (Å²) < 4.78 is 0. The van der Waals surface area contributed by atoms with Crippen LogP contribution in [0.5, 0.6) is 0 Å². The SMILES string of the molecule is O=C(CC1CCCC1)N1C[C@@H]2CCC(O)[C@@H]2C1. The molecule has 3 fully saturated rings. The lowest BCUT2D eigenvalue weighted by atomic mass is 10.00. The van der Waals surface area contributed by atoms with Crippen molar-refractivity contribution >= 4 is 5.91 Å². The van der Waals surface area contributed by atoms with E-state index in [4.69, 9.17) is 0 Å². The molecular formula is C14H23NO2. The van der Waals surface area contributed by atoms with Crippen molar-refractivity contribution < 1.29 is 9.90 Å². The lowest BCUT2D eigenvalue weighted by Crippen LogP contribution is -2.32. The van der Waals surface area contributed by atoms with Crippen LogP contribution in [-0.2, 0) is 4.79 Å². The van der Waals surface area contributed by atoms with Gasteiger partial charge in [0.25, 0.3) is 0 Å². The predicted molar refractivity (Wildman–Crippen MR) is 65.4 cm³/mol. The minimum atomic E-state index is -0.149. The molecule has 3 rings (SSSR count). The average molecular weight is 237 g/mol. The summed E-state index contributed by atoms with van der Waals surface area (Å²) in [7, 11) is 0. The first-order valence-electron chi connectivity index (χ1n) is 7.20. The van der Waals surface area contributed by atoms with E-state index in [1.54, 1.807) is 0 Å². The molecule has 2 saturated carbocycles. The average Bonchev–Trinajstić information content (AvgIpc) is 2.97. The highest BCUT2D eigenvalue weighted by molar-refractivity contribution is 5.76. The quantitative estimate of drug-likeness (QED) is 0.795. The summed E-state index contributed by atoms with van der Waals surface area (Å²) in [6.45, 7) is 1.73. The molecule has 1 amide bonds. The highest BCUT2D eigenvalue weighted by atomic mass is 16.3. The van der Waals surface area contributed by atoms with Crippen LogP contribution in [-0.4, -0.2) is 35.1 Å². The number of nitrogens with zero attached hydrogens (tertiary/aromatic N) is 1. The molecule has 1 heterocycles. The number of rotatable bonds is 2. The van der Waals surface area contributed by atoms with E-state index in [9.17, 15) is 9.90 Å². The minimum absolute atomic E-state index is 0.149. The topological polar surface area (TPSA) is 40.5 Å². The van der Waals surface area contributed by atoms with Gasteiger partial charge in [0.2, 0.25) is 5.91 Å². The van der Waals surface area contributed by atoms with E-state index >= 15 is 0 Å². The summed E-state index contributed by atoms with van der Waals surface area (Å²) in [4.78, 5) is 14.2. The first-order valence-corrected chi connectivity index (χ1v) is 7.20. The van der Waals surface area contributed by atoms with Crippen molar-refractivity contribution in [1.29, 1.82) is 0 Å². The van der Waals surface area contributed by atoms with E-state index in [1.165, 1.54) is 25.7 Å². The Morgan fingerprint density at radius 3 is 2.59 bits per heavy atom. The molecule has 3 nitrogen and oxygen atoms in total. The van der Waals surface area contributed by atoms with Gasteiger partial charge < -0.3 is 10.0 Å². The molecule has 96 valence electrons. The number of hydrogen-bond acceptors (Lipinski definition) is 2. The second-order valence-electron chi connectivity index (χ2n) is 6.22. The number of carbonyl (C=O) groups excluding carboxylic acids is 1. The summed E-state index contributed by atoms with van der Waals surface area (Å²) in [6.07, 6.45) is 7.77. The van der Waals surface area contributed by atoms with Crippen LogP contribution in [0.3, 0.4) is 0 Å². The Bertz CT molecular complexity index is 299. The molecule has 3 atom stereocenters. The summed E-state index contributed by atoms with van der Waals surface area (Å²) in [6, 6.07) is 0. The highest BCUT2D eigenvalue weighted by Gasteiger charge is 2.43. The van der Waals surface area contributed by atoms with Crippen molar-refractivity contribution in [2.24, 2.45) is 17.8 Å². The van der Waals surface area contributed by atoms with Crippen LogP contribution in [0, 0.1) is 17.8 Å². The van der Waals surface area contributed by atoms with E-state index in [1.807, 2.05) is 4.90 Å². The molecular weight excluding hydrogens is 214 g/mol. The molecule has 17 heavy (non-hydrogen) atoms. The lowest BCUT2D eigenvalue weighted by Gasteiger charge is -2.20. The summed E-state index contributed by atoms with van der Waals surface area (Å²) in [5.41, 5.74) is 0. The molecule has 2 aliphatic carbocycles. The zero-order chi connectivity index (χ0) is 11.8. The van der Waals surface area contributed by atoms with Crippen LogP contribution in [0.1, 0.15) is 44.9 Å². The standard InChI is InChI=1S/C14H23NO2/c16-13-6-5-11-8-15(9-12(11)13)14(17)7-10-3-1-2-4-10/h10-13,16H,1-9H2/t11-,12+,13?/m0/s1. The van der Waals surface area contributed by atoms with Gasteiger partial charge in [0.05, 0.1) is 6.10 Å². The van der Waals surface area contributed by atoms with Crippen molar-refractivity contribution in [2.45, 2.75) is 51.0 Å². The third-order valence-electron chi connectivity index (χ3n) is 5.11. The van der Waals surface area contributed by atoms with E-state index in [-0.39, 0.29) is 6.10 Å². The highest BCUT2D eigenvalue weighted by Crippen LogP contribution is 2.38. The van der Waals surface area contributed by atoms with Gasteiger partial charge in [0.15, 0.2) is 0 Å². The maximum absolute atomic E-state index is 12.2. The molecule has 0 aromatic heterocycles. The van der Waals surface area contributed by atoms with Gasteiger partial charge in [-0.2, -0.15) is 0 Å². The van der Waals surface area contributed by atoms with Crippen LogP contribution in [0.4, 0.5) is 0 Å². The van der Waals surface area contributed by atoms with Gasteiger partial charge in [-0.1, -0.05) is 12.8 Å². The Kier molecular flexibility index (Phi) is 3.12. The Balaban J connectivity index is 1.53. The monoisotopic (exact) mass is 237 g/mol. The third kappa shape index (κ3) is 2.22. The van der Waals surface area contributed by atoms with Gasteiger partial charge in [-0.3, -0.25) is 4.79 Å². The first-order chi connectivity index (χ1) is 8.24. The van der Waals surface area contributed by atoms with E-state index in [0.29, 0.717) is 23.7 Å². The van der Waals surface area contributed by atoms with Crippen molar-refractivity contribution in [1.82, 2.24) is 4.90 Å². The van der Waals surface area contributed by atoms with E-state index in [0.717, 1.165) is 32.4 Å². The Labute approximate surface area is 103 Å². The van der Waals surface area contributed by atoms with Crippen LogP contribution < -0.4 is 0 Å². The zero-order valence-electron chi connectivity index (χ0n) is 10.5. The third-order valence-corrected chi connectivity index (χ3v) is 5.11. The minimum Gasteiger partial charge on any atom is -0.393 e. The number of amides is 1. The van der Waals surface area contributed by atoms with Crippen molar-refractivity contribution in [3.63, 3.8) is 0 Å². The second-order valence-corrected chi connectivity index (χ2v) is 6.22. The first kappa shape index (κ1) is 11.5. The molecule has 3 aliphatic rings. The van der Waals surface area contributed by atoms with Gasteiger partial charge in [-0.15, -0.1) is 0 Å². The molecule has 1 unspecified atom stereocenters. The summed E-state index contributed by atoms with van der Waals surface area (Å²) in [5.74, 6) is 1.95. The number of likely N-dealkylation sites (tertiary alicyclic amines) is 1. The smallest absolute Gasteiger partial charge is 0.222 e. The number of hydrogen-bond donors (Lipinski definition) is 1.